The Morgan fingerprint density at radius 1 is 1.16 bits per heavy atom. The van der Waals surface area contributed by atoms with Crippen LogP contribution in [0.25, 0.3) is 10.9 Å². The van der Waals surface area contributed by atoms with Crippen LogP contribution in [0.1, 0.15) is 35.2 Å². The molecule has 1 fully saturated rings. The molecule has 0 spiro atoms. The number of fused-ring (bicyclic) bond motifs is 1. The van der Waals surface area contributed by atoms with Gasteiger partial charge in [0.2, 0.25) is 0 Å². The number of nitrogens with zero attached hydrogens (tertiary/aromatic N) is 3. The summed E-state index contributed by atoms with van der Waals surface area (Å²) in [4.78, 5) is 7.29. The Morgan fingerprint density at radius 2 is 1.94 bits per heavy atom. The number of rotatable bonds is 6. The van der Waals surface area contributed by atoms with Gasteiger partial charge in [0.15, 0.2) is 0 Å². The summed E-state index contributed by atoms with van der Waals surface area (Å²) in [6.45, 7) is 6.44. The first-order chi connectivity index (χ1) is 14.6. The molecule has 2 aromatic carbocycles. The third kappa shape index (κ3) is 4.92. The zero-order valence-corrected chi connectivity index (χ0v) is 19.0. The summed E-state index contributed by atoms with van der Waals surface area (Å²) in [5, 5.41) is 10.1. The molecule has 31 heavy (non-hydrogen) atoms. The number of pyridine rings is 1. The van der Waals surface area contributed by atoms with Gasteiger partial charge in [0, 0.05) is 30.4 Å². The van der Waals surface area contributed by atoms with Crippen LogP contribution in [-0.2, 0) is 11.3 Å². The second kappa shape index (κ2) is 10.00. The highest BCUT2D eigenvalue weighted by molar-refractivity contribution is 5.93. The maximum Gasteiger partial charge on any atom is 0.119 e. The van der Waals surface area contributed by atoms with E-state index in [1.54, 1.807) is 19.2 Å². The molecule has 1 atom stereocenters. The van der Waals surface area contributed by atoms with Crippen molar-refractivity contribution in [2.24, 2.45) is 0 Å². The zero-order valence-electron chi connectivity index (χ0n) is 18.2. The van der Waals surface area contributed by atoms with Crippen molar-refractivity contribution in [3.05, 3.63) is 64.8 Å². The van der Waals surface area contributed by atoms with Gasteiger partial charge in [-0.2, -0.15) is 5.26 Å². The summed E-state index contributed by atoms with van der Waals surface area (Å²) in [5.41, 5.74) is 6.20. The lowest BCUT2D eigenvalue weighted by atomic mass is 10.0. The van der Waals surface area contributed by atoms with Crippen molar-refractivity contribution in [1.29, 1.82) is 5.26 Å². The molecule has 1 aromatic heterocycles. The summed E-state index contributed by atoms with van der Waals surface area (Å²) >= 11 is 0. The van der Waals surface area contributed by atoms with Gasteiger partial charge in [0.25, 0.3) is 0 Å². The Kier molecular flexibility index (Phi) is 7.37. The number of nitriles is 1. The van der Waals surface area contributed by atoms with E-state index in [1.165, 1.54) is 23.1 Å². The average molecular weight is 438 g/mol. The van der Waals surface area contributed by atoms with Crippen molar-refractivity contribution >= 4 is 29.0 Å². The minimum absolute atomic E-state index is 0. The molecule has 5 nitrogen and oxygen atoms in total. The summed E-state index contributed by atoms with van der Waals surface area (Å²) in [6.07, 6.45) is 2.35. The lowest BCUT2D eigenvalue weighted by molar-refractivity contribution is 0.181. The first-order valence-electron chi connectivity index (χ1n) is 10.4. The molecule has 1 saturated heterocycles. The highest BCUT2D eigenvalue weighted by Crippen LogP contribution is 2.34. The van der Waals surface area contributed by atoms with Gasteiger partial charge in [-0.3, -0.25) is 4.98 Å². The van der Waals surface area contributed by atoms with E-state index in [1.807, 2.05) is 12.1 Å². The van der Waals surface area contributed by atoms with Gasteiger partial charge in [0.1, 0.15) is 12.4 Å². The maximum atomic E-state index is 8.93. The van der Waals surface area contributed by atoms with Crippen molar-refractivity contribution in [3.63, 3.8) is 0 Å². The van der Waals surface area contributed by atoms with E-state index in [9.17, 15) is 0 Å². The van der Waals surface area contributed by atoms with Gasteiger partial charge < -0.3 is 14.4 Å². The number of methoxy groups -OCH3 is 1. The SMILES string of the molecule is COCC1CCCN1c1cc(C)nc2cc(COc3ccc(C#N)cc3)c(C)cc12.Cl. The minimum atomic E-state index is 0. The summed E-state index contributed by atoms with van der Waals surface area (Å²) in [7, 11) is 1.77. The smallest absolute Gasteiger partial charge is 0.119 e. The fraction of sp³-hybridized carbons (Fsp3) is 0.360. The van der Waals surface area contributed by atoms with Gasteiger partial charge in [-0.25, -0.2) is 0 Å². The number of benzene rings is 2. The largest absolute Gasteiger partial charge is 0.489 e. The molecule has 1 aliphatic heterocycles. The molecule has 2 heterocycles. The van der Waals surface area contributed by atoms with Gasteiger partial charge >= 0.3 is 0 Å². The third-order valence-electron chi connectivity index (χ3n) is 5.80. The lowest BCUT2D eigenvalue weighted by Crippen LogP contribution is -2.33. The second-order valence-corrected chi connectivity index (χ2v) is 7.95. The van der Waals surface area contributed by atoms with E-state index >= 15 is 0 Å². The van der Waals surface area contributed by atoms with Crippen molar-refractivity contribution in [1.82, 2.24) is 4.98 Å². The fourth-order valence-electron chi connectivity index (χ4n) is 4.23. The Morgan fingerprint density at radius 3 is 2.65 bits per heavy atom. The van der Waals surface area contributed by atoms with Crippen molar-refractivity contribution in [2.75, 3.05) is 25.2 Å². The van der Waals surface area contributed by atoms with Crippen molar-refractivity contribution in [3.8, 4) is 11.8 Å². The van der Waals surface area contributed by atoms with E-state index in [-0.39, 0.29) is 12.4 Å². The third-order valence-corrected chi connectivity index (χ3v) is 5.80. The van der Waals surface area contributed by atoms with Crippen LogP contribution in [0.4, 0.5) is 5.69 Å². The van der Waals surface area contributed by atoms with Crippen LogP contribution >= 0.6 is 12.4 Å². The number of hydrogen-bond donors (Lipinski definition) is 0. The molecule has 1 aliphatic rings. The topological polar surface area (TPSA) is 58.4 Å². The van der Waals surface area contributed by atoms with E-state index in [2.05, 4.69) is 43.0 Å². The van der Waals surface area contributed by atoms with Crippen LogP contribution in [0.5, 0.6) is 5.75 Å². The van der Waals surface area contributed by atoms with Gasteiger partial charge in [-0.15, -0.1) is 12.4 Å². The highest BCUT2D eigenvalue weighted by atomic mass is 35.5. The van der Waals surface area contributed by atoms with Crippen LogP contribution in [0.15, 0.2) is 42.5 Å². The molecule has 0 amide bonds. The Balaban J connectivity index is 0.00000272. The van der Waals surface area contributed by atoms with Crippen LogP contribution in [-0.4, -0.2) is 31.3 Å². The number of halogens is 1. The minimum Gasteiger partial charge on any atom is -0.489 e. The number of aromatic nitrogens is 1. The van der Waals surface area contributed by atoms with Crippen molar-refractivity contribution < 1.29 is 9.47 Å². The summed E-state index contributed by atoms with van der Waals surface area (Å²) in [5.74, 6) is 0.755. The van der Waals surface area contributed by atoms with Crippen LogP contribution in [0.3, 0.4) is 0 Å². The first kappa shape index (κ1) is 22.9. The van der Waals surface area contributed by atoms with E-state index in [4.69, 9.17) is 19.7 Å². The predicted molar refractivity (Wildman–Crippen MR) is 126 cm³/mol. The molecule has 0 saturated carbocycles. The molecule has 0 N–H and O–H groups in total. The van der Waals surface area contributed by atoms with E-state index in [0.29, 0.717) is 18.2 Å². The van der Waals surface area contributed by atoms with Gasteiger partial charge in [0.05, 0.1) is 29.8 Å². The number of aryl methyl sites for hydroxylation is 2. The molecule has 3 aromatic rings. The second-order valence-electron chi connectivity index (χ2n) is 7.95. The quantitative estimate of drug-likeness (QED) is 0.521. The Bertz CT molecular complexity index is 1090. The molecule has 162 valence electrons. The molecular weight excluding hydrogens is 410 g/mol. The predicted octanol–water partition coefficient (Wildman–Crippen LogP) is 5.34. The maximum absolute atomic E-state index is 8.93. The molecule has 4 rings (SSSR count). The van der Waals surface area contributed by atoms with Crippen LogP contribution in [0, 0.1) is 25.2 Å². The molecule has 0 aliphatic carbocycles. The number of anilines is 1. The molecule has 0 bridgehead atoms. The van der Waals surface area contributed by atoms with Gasteiger partial charge in [-0.1, -0.05) is 0 Å². The first-order valence-corrected chi connectivity index (χ1v) is 10.4. The zero-order chi connectivity index (χ0) is 21.1. The van der Waals surface area contributed by atoms with Crippen molar-refractivity contribution in [2.45, 2.75) is 39.3 Å². The Hall–Kier alpha value is -2.81. The standard InChI is InChI=1S/C25H27N3O2.ClH/c1-17-11-23-24(13-20(17)15-30-22-8-6-19(14-26)7-9-22)27-18(2)12-25(23)28-10-4-5-21(28)16-29-3;/h6-9,11-13,21H,4-5,10,15-16H2,1-3H3;1H. The summed E-state index contributed by atoms with van der Waals surface area (Å²) in [6, 6.07) is 16.3. The number of hydrogen-bond acceptors (Lipinski definition) is 5. The molecule has 1 unspecified atom stereocenters. The average Bonchev–Trinajstić information content (AvgIpc) is 3.21. The normalized spacial score (nSPS) is 15.5. The summed E-state index contributed by atoms with van der Waals surface area (Å²) < 4.78 is 11.4. The lowest BCUT2D eigenvalue weighted by Gasteiger charge is -2.28. The van der Waals surface area contributed by atoms with E-state index < -0.39 is 0 Å². The fourth-order valence-corrected chi connectivity index (χ4v) is 4.23. The molecular formula is C25H28ClN3O2. The Labute approximate surface area is 190 Å². The molecule has 6 heteroatoms. The highest BCUT2D eigenvalue weighted by Gasteiger charge is 2.26. The monoisotopic (exact) mass is 437 g/mol. The van der Waals surface area contributed by atoms with Gasteiger partial charge in [-0.05, 0) is 80.3 Å². The molecule has 0 radical (unpaired) electrons. The van der Waals surface area contributed by atoms with Crippen LogP contribution in [0.2, 0.25) is 0 Å². The van der Waals surface area contributed by atoms with E-state index in [0.717, 1.165) is 42.1 Å². The van der Waals surface area contributed by atoms with Crippen LogP contribution < -0.4 is 9.64 Å². The number of ether oxygens (including phenoxy) is 2.